The van der Waals surface area contributed by atoms with Crippen LogP contribution in [0.4, 0.5) is 5.82 Å². The Hall–Kier alpha value is -1.33. The Morgan fingerprint density at radius 3 is 2.81 bits per heavy atom. The van der Waals surface area contributed by atoms with Crippen molar-refractivity contribution in [3.63, 3.8) is 0 Å². The molecule has 1 heterocycles. The fourth-order valence-electron chi connectivity index (χ4n) is 2.06. The summed E-state index contributed by atoms with van der Waals surface area (Å²) in [5.41, 5.74) is 0.823. The normalized spacial score (nSPS) is 12.3. The lowest BCUT2D eigenvalue weighted by Gasteiger charge is -2.20. The van der Waals surface area contributed by atoms with E-state index in [1.54, 1.807) is 7.05 Å². The van der Waals surface area contributed by atoms with Gasteiger partial charge in [-0.1, -0.05) is 25.4 Å². The molecule has 1 aromatic rings. The van der Waals surface area contributed by atoms with Crippen molar-refractivity contribution in [1.82, 2.24) is 15.2 Å². The molecule has 0 saturated heterocycles. The highest BCUT2D eigenvalue weighted by Gasteiger charge is 2.15. The summed E-state index contributed by atoms with van der Waals surface area (Å²) < 4.78 is 0. The third-order valence-electron chi connectivity index (χ3n) is 3.17. The number of hydrogen-bond acceptors (Lipinski definition) is 4. The maximum atomic E-state index is 11.5. The lowest BCUT2D eigenvalue weighted by molar-refractivity contribution is -0.124. The molecule has 0 saturated carbocycles. The zero-order valence-corrected chi connectivity index (χ0v) is 14.0. The number of nitrogens with zero attached hydrogens (tertiary/aromatic N) is 2. The van der Waals surface area contributed by atoms with E-state index in [1.807, 2.05) is 26.1 Å². The number of pyridine rings is 1. The van der Waals surface area contributed by atoms with E-state index in [2.05, 4.69) is 27.4 Å². The number of aromatic nitrogens is 1. The Morgan fingerprint density at radius 2 is 2.19 bits per heavy atom. The number of anilines is 1. The van der Waals surface area contributed by atoms with Gasteiger partial charge in [0.2, 0.25) is 5.91 Å². The molecule has 1 amide bonds. The van der Waals surface area contributed by atoms with Crippen LogP contribution in [0.15, 0.2) is 12.1 Å². The van der Waals surface area contributed by atoms with Crippen molar-refractivity contribution < 1.29 is 4.79 Å². The predicted octanol–water partition coefficient (Wildman–Crippen LogP) is 2.37. The highest BCUT2D eigenvalue weighted by Crippen LogP contribution is 2.18. The maximum absolute atomic E-state index is 11.5. The third kappa shape index (κ3) is 5.89. The van der Waals surface area contributed by atoms with Gasteiger partial charge in [-0.3, -0.25) is 9.69 Å². The standard InChI is InChI=1S/C15H25ClN4O/c1-5-8-18-14-7-6-12(16)13(19-14)10-20(4)9-11(2)15(21)17-3/h6-7,11H,5,8-10H2,1-4H3,(H,17,21)(H,18,19). The molecule has 0 aromatic carbocycles. The van der Waals surface area contributed by atoms with Crippen LogP contribution in [0.2, 0.25) is 5.02 Å². The van der Waals surface area contributed by atoms with Crippen LogP contribution in [0.1, 0.15) is 26.0 Å². The average Bonchev–Trinajstić information content (AvgIpc) is 2.46. The fourth-order valence-corrected chi connectivity index (χ4v) is 2.23. The van der Waals surface area contributed by atoms with Gasteiger partial charge in [0.1, 0.15) is 5.82 Å². The summed E-state index contributed by atoms with van der Waals surface area (Å²) in [5.74, 6) is 0.809. The smallest absolute Gasteiger partial charge is 0.223 e. The van der Waals surface area contributed by atoms with Crippen molar-refractivity contribution >= 4 is 23.3 Å². The lowest BCUT2D eigenvalue weighted by atomic mass is 10.1. The minimum Gasteiger partial charge on any atom is -0.370 e. The number of carbonyl (C=O) groups excluding carboxylic acids is 1. The fraction of sp³-hybridized carbons (Fsp3) is 0.600. The number of nitrogens with one attached hydrogen (secondary N) is 2. The molecular weight excluding hydrogens is 288 g/mol. The Bertz CT molecular complexity index is 467. The van der Waals surface area contributed by atoms with Crippen LogP contribution in [0.3, 0.4) is 0 Å². The van der Waals surface area contributed by atoms with Crippen molar-refractivity contribution in [3.05, 3.63) is 22.8 Å². The van der Waals surface area contributed by atoms with E-state index >= 15 is 0 Å². The number of carbonyl (C=O) groups is 1. The van der Waals surface area contributed by atoms with Gasteiger partial charge in [0.15, 0.2) is 0 Å². The van der Waals surface area contributed by atoms with E-state index < -0.39 is 0 Å². The minimum atomic E-state index is -0.0693. The van der Waals surface area contributed by atoms with Gasteiger partial charge in [0.05, 0.1) is 10.7 Å². The first-order valence-electron chi connectivity index (χ1n) is 7.27. The molecule has 0 bridgehead atoms. The van der Waals surface area contributed by atoms with Crippen LogP contribution < -0.4 is 10.6 Å². The molecule has 6 heteroatoms. The second kappa shape index (κ2) is 8.85. The molecule has 2 N–H and O–H groups in total. The quantitative estimate of drug-likeness (QED) is 0.774. The molecule has 1 unspecified atom stereocenters. The van der Waals surface area contributed by atoms with Gasteiger partial charge in [-0.15, -0.1) is 0 Å². The molecule has 21 heavy (non-hydrogen) atoms. The monoisotopic (exact) mass is 312 g/mol. The van der Waals surface area contributed by atoms with Crippen molar-refractivity contribution in [2.75, 3.05) is 32.5 Å². The SMILES string of the molecule is CCCNc1ccc(Cl)c(CN(C)CC(C)C(=O)NC)n1. The van der Waals surface area contributed by atoms with Gasteiger partial charge >= 0.3 is 0 Å². The molecule has 0 radical (unpaired) electrons. The Kier molecular flexibility index (Phi) is 7.47. The summed E-state index contributed by atoms with van der Waals surface area (Å²) in [4.78, 5) is 18.1. The van der Waals surface area contributed by atoms with Crippen molar-refractivity contribution in [3.8, 4) is 0 Å². The highest BCUT2D eigenvalue weighted by atomic mass is 35.5. The first-order valence-corrected chi connectivity index (χ1v) is 7.65. The van der Waals surface area contributed by atoms with Crippen molar-refractivity contribution in [1.29, 1.82) is 0 Å². The zero-order valence-electron chi connectivity index (χ0n) is 13.2. The van der Waals surface area contributed by atoms with E-state index in [4.69, 9.17) is 11.6 Å². The van der Waals surface area contributed by atoms with Crippen LogP contribution in [-0.4, -0.2) is 43.0 Å². The van der Waals surface area contributed by atoms with E-state index in [1.165, 1.54) is 0 Å². The summed E-state index contributed by atoms with van der Waals surface area (Å²) in [6, 6.07) is 3.74. The Morgan fingerprint density at radius 1 is 1.48 bits per heavy atom. The molecule has 118 valence electrons. The minimum absolute atomic E-state index is 0.0410. The van der Waals surface area contributed by atoms with Crippen molar-refractivity contribution in [2.45, 2.75) is 26.8 Å². The van der Waals surface area contributed by atoms with E-state index in [9.17, 15) is 4.79 Å². The zero-order chi connectivity index (χ0) is 15.8. The number of hydrogen-bond donors (Lipinski definition) is 2. The van der Waals surface area contributed by atoms with E-state index in [0.29, 0.717) is 18.1 Å². The molecule has 0 spiro atoms. The molecule has 0 aliphatic rings. The largest absolute Gasteiger partial charge is 0.370 e. The van der Waals surface area contributed by atoms with Gasteiger partial charge in [-0.2, -0.15) is 0 Å². The van der Waals surface area contributed by atoms with Crippen LogP contribution in [0, 0.1) is 5.92 Å². The predicted molar refractivity (Wildman–Crippen MR) is 87.6 cm³/mol. The van der Waals surface area contributed by atoms with Gasteiger partial charge < -0.3 is 10.6 Å². The molecule has 5 nitrogen and oxygen atoms in total. The van der Waals surface area contributed by atoms with Crippen LogP contribution >= 0.6 is 11.6 Å². The summed E-state index contributed by atoms with van der Waals surface area (Å²) in [6.07, 6.45) is 1.04. The van der Waals surface area contributed by atoms with Gasteiger partial charge in [-0.25, -0.2) is 4.98 Å². The molecule has 0 aliphatic heterocycles. The van der Waals surface area contributed by atoms with Crippen LogP contribution in [0.5, 0.6) is 0 Å². The average molecular weight is 313 g/mol. The molecule has 1 aromatic heterocycles. The summed E-state index contributed by atoms with van der Waals surface area (Å²) in [5, 5.41) is 6.56. The first-order chi connectivity index (χ1) is 9.97. The number of rotatable bonds is 8. The molecule has 0 aliphatic carbocycles. The van der Waals surface area contributed by atoms with Crippen LogP contribution in [0.25, 0.3) is 0 Å². The first kappa shape index (κ1) is 17.7. The van der Waals surface area contributed by atoms with E-state index in [-0.39, 0.29) is 11.8 Å². The second-order valence-electron chi connectivity index (χ2n) is 5.26. The second-order valence-corrected chi connectivity index (χ2v) is 5.67. The molecule has 1 atom stereocenters. The van der Waals surface area contributed by atoms with Crippen molar-refractivity contribution in [2.24, 2.45) is 5.92 Å². The summed E-state index contributed by atoms with van der Waals surface area (Å²) in [6.45, 7) is 6.17. The topological polar surface area (TPSA) is 57.3 Å². The Labute approximate surface area is 132 Å². The van der Waals surface area contributed by atoms with Gasteiger partial charge in [0.25, 0.3) is 0 Å². The molecule has 0 fully saturated rings. The lowest BCUT2D eigenvalue weighted by Crippen LogP contribution is -2.34. The summed E-state index contributed by atoms with van der Waals surface area (Å²) >= 11 is 6.20. The maximum Gasteiger partial charge on any atom is 0.223 e. The van der Waals surface area contributed by atoms with Crippen LogP contribution in [-0.2, 0) is 11.3 Å². The number of amides is 1. The molecular formula is C15H25ClN4O. The highest BCUT2D eigenvalue weighted by molar-refractivity contribution is 6.31. The number of halogens is 1. The van der Waals surface area contributed by atoms with Gasteiger partial charge in [0, 0.05) is 32.6 Å². The van der Waals surface area contributed by atoms with Gasteiger partial charge in [-0.05, 0) is 25.6 Å². The third-order valence-corrected chi connectivity index (χ3v) is 3.52. The van der Waals surface area contributed by atoms with E-state index in [0.717, 1.165) is 24.5 Å². The Balaban J connectivity index is 2.66. The summed E-state index contributed by atoms with van der Waals surface area (Å²) in [7, 11) is 3.61. The molecule has 1 rings (SSSR count).